The molecule has 6 nitrogen and oxygen atoms in total. The number of imidazole rings is 1. The molecule has 19 heavy (non-hydrogen) atoms. The van der Waals surface area contributed by atoms with Crippen LogP contribution in [0, 0.1) is 0 Å². The molecule has 0 saturated heterocycles. The molecule has 2 rings (SSSR count). The summed E-state index contributed by atoms with van der Waals surface area (Å²) in [5.41, 5.74) is 5.94. The summed E-state index contributed by atoms with van der Waals surface area (Å²) in [6, 6.07) is 3.47. The van der Waals surface area contributed by atoms with Crippen LogP contribution >= 0.6 is 0 Å². The first kappa shape index (κ1) is 13.1. The zero-order valence-electron chi connectivity index (χ0n) is 10.6. The number of nitrogens with two attached hydrogens (primary N) is 1. The highest BCUT2D eigenvalue weighted by molar-refractivity contribution is 5.81. The van der Waals surface area contributed by atoms with Crippen LogP contribution in [0.1, 0.15) is 24.6 Å². The molecule has 1 atom stereocenters. The normalized spacial score (nSPS) is 13.9. The molecular weight excluding hydrogens is 244 g/mol. The second-order valence-electron chi connectivity index (χ2n) is 4.47. The molecule has 4 N–H and O–H groups in total. The molecule has 2 aromatic rings. The second-order valence-corrected chi connectivity index (χ2v) is 4.47. The van der Waals surface area contributed by atoms with Gasteiger partial charge in [-0.05, 0) is 24.5 Å². The van der Waals surface area contributed by atoms with Crippen LogP contribution in [0.25, 0.3) is 0 Å². The molecule has 100 valence electrons. The predicted molar refractivity (Wildman–Crippen MR) is 70.5 cm³/mol. The SMILES string of the molecule is CCC(Cc1ccc(N)nc1)(C(=O)O)c1cnc[nH]1. The lowest BCUT2D eigenvalue weighted by Gasteiger charge is -2.26. The van der Waals surface area contributed by atoms with E-state index in [9.17, 15) is 9.90 Å². The van der Waals surface area contributed by atoms with E-state index in [0.717, 1.165) is 5.56 Å². The number of pyridine rings is 1. The monoisotopic (exact) mass is 260 g/mol. The van der Waals surface area contributed by atoms with Crippen LogP contribution in [0.2, 0.25) is 0 Å². The van der Waals surface area contributed by atoms with E-state index in [1.54, 1.807) is 24.5 Å². The van der Waals surface area contributed by atoms with Crippen molar-refractivity contribution in [2.45, 2.75) is 25.2 Å². The van der Waals surface area contributed by atoms with E-state index in [2.05, 4.69) is 15.0 Å². The number of nitrogen functional groups attached to an aromatic ring is 1. The van der Waals surface area contributed by atoms with Gasteiger partial charge in [-0.25, -0.2) is 9.97 Å². The van der Waals surface area contributed by atoms with Crippen LogP contribution in [0.3, 0.4) is 0 Å². The number of aromatic amines is 1. The third kappa shape index (κ3) is 2.42. The smallest absolute Gasteiger partial charge is 0.316 e. The summed E-state index contributed by atoms with van der Waals surface area (Å²) in [5.74, 6) is -0.459. The number of nitrogens with zero attached hydrogens (tertiary/aromatic N) is 2. The number of carbonyl (C=O) groups is 1. The number of nitrogens with one attached hydrogen (secondary N) is 1. The fraction of sp³-hybridized carbons (Fsp3) is 0.308. The van der Waals surface area contributed by atoms with Crippen molar-refractivity contribution in [1.29, 1.82) is 0 Å². The zero-order valence-corrected chi connectivity index (χ0v) is 10.6. The molecule has 0 bridgehead atoms. The minimum Gasteiger partial charge on any atom is -0.481 e. The van der Waals surface area contributed by atoms with Crippen LogP contribution in [0.4, 0.5) is 5.82 Å². The van der Waals surface area contributed by atoms with E-state index in [1.165, 1.54) is 6.33 Å². The number of carboxylic acid groups (broad SMARTS) is 1. The average molecular weight is 260 g/mol. The maximum absolute atomic E-state index is 11.7. The van der Waals surface area contributed by atoms with E-state index in [1.807, 2.05) is 6.92 Å². The minimum absolute atomic E-state index is 0.342. The summed E-state index contributed by atoms with van der Waals surface area (Å²) in [4.78, 5) is 22.6. The molecule has 0 fully saturated rings. The summed E-state index contributed by atoms with van der Waals surface area (Å²) in [6.07, 6.45) is 5.45. The Hall–Kier alpha value is -2.37. The van der Waals surface area contributed by atoms with Gasteiger partial charge in [-0.2, -0.15) is 0 Å². The molecule has 1 unspecified atom stereocenters. The van der Waals surface area contributed by atoms with E-state index in [-0.39, 0.29) is 0 Å². The third-order valence-corrected chi connectivity index (χ3v) is 3.38. The number of H-pyrrole nitrogens is 1. The van der Waals surface area contributed by atoms with Crippen LogP contribution in [0.15, 0.2) is 30.9 Å². The summed E-state index contributed by atoms with van der Waals surface area (Å²) in [7, 11) is 0. The Morgan fingerprint density at radius 1 is 1.47 bits per heavy atom. The number of hydrogen-bond donors (Lipinski definition) is 3. The van der Waals surface area contributed by atoms with Crippen molar-refractivity contribution in [3.05, 3.63) is 42.1 Å². The van der Waals surface area contributed by atoms with Crippen molar-refractivity contribution in [1.82, 2.24) is 15.0 Å². The van der Waals surface area contributed by atoms with Gasteiger partial charge in [0.2, 0.25) is 0 Å². The number of aliphatic carboxylic acids is 1. The summed E-state index contributed by atoms with van der Waals surface area (Å²) >= 11 is 0. The van der Waals surface area contributed by atoms with Gasteiger partial charge in [-0.3, -0.25) is 4.79 Å². The standard InChI is InChI=1S/C13H16N4O2/c1-2-13(12(18)19,10-7-15-8-17-10)5-9-3-4-11(14)16-6-9/h3-4,6-8H,2,5H2,1H3,(H2,14,16)(H,15,17)(H,18,19). The lowest BCUT2D eigenvalue weighted by atomic mass is 9.77. The van der Waals surface area contributed by atoms with Crippen molar-refractivity contribution in [3.8, 4) is 0 Å². The summed E-state index contributed by atoms with van der Waals surface area (Å²) in [6.45, 7) is 1.85. The first-order valence-corrected chi connectivity index (χ1v) is 6.01. The van der Waals surface area contributed by atoms with Crippen molar-refractivity contribution in [3.63, 3.8) is 0 Å². The van der Waals surface area contributed by atoms with Crippen molar-refractivity contribution in [2.75, 3.05) is 5.73 Å². The Bertz CT molecular complexity index is 551. The summed E-state index contributed by atoms with van der Waals surface area (Å²) in [5, 5.41) is 9.62. The number of carboxylic acids is 1. The first-order chi connectivity index (χ1) is 9.08. The fourth-order valence-corrected chi connectivity index (χ4v) is 2.16. The molecule has 0 aliphatic carbocycles. The van der Waals surface area contributed by atoms with E-state index in [4.69, 9.17) is 5.73 Å². The van der Waals surface area contributed by atoms with Gasteiger partial charge >= 0.3 is 5.97 Å². The first-order valence-electron chi connectivity index (χ1n) is 6.01. The zero-order chi connectivity index (χ0) is 13.9. The highest BCUT2D eigenvalue weighted by atomic mass is 16.4. The van der Waals surface area contributed by atoms with Crippen LogP contribution in [-0.4, -0.2) is 26.0 Å². The predicted octanol–water partition coefficient (Wildman–Crippen LogP) is 1.36. The minimum atomic E-state index is -1.02. The van der Waals surface area contributed by atoms with Crippen LogP contribution < -0.4 is 5.73 Å². The van der Waals surface area contributed by atoms with Gasteiger partial charge in [0.05, 0.1) is 12.0 Å². The molecule has 0 amide bonds. The topological polar surface area (TPSA) is 105 Å². The quantitative estimate of drug-likeness (QED) is 0.752. The number of rotatable bonds is 5. The van der Waals surface area contributed by atoms with Gasteiger partial charge in [-0.15, -0.1) is 0 Å². The molecule has 0 aliphatic heterocycles. The Labute approximate surface area is 110 Å². The van der Waals surface area contributed by atoms with Gasteiger partial charge in [0, 0.05) is 12.4 Å². The van der Waals surface area contributed by atoms with Gasteiger partial charge in [0.15, 0.2) is 0 Å². The Kier molecular flexibility index (Phi) is 3.50. The van der Waals surface area contributed by atoms with Gasteiger partial charge in [0.25, 0.3) is 0 Å². The van der Waals surface area contributed by atoms with E-state index in [0.29, 0.717) is 24.4 Å². The maximum atomic E-state index is 11.7. The summed E-state index contributed by atoms with van der Waals surface area (Å²) < 4.78 is 0. The lowest BCUT2D eigenvalue weighted by molar-refractivity contribution is -0.144. The molecule has 0 spiro atoms. The Balaban J connectivity index is 2.39. The molecule has 0 aliphatic rings. The highest BCUT2D eigenvalue weighted by Crippen LogP contribution is 2.31. The van der Waals surface area contributed by atoms with Crippen LogP contribution in [0.5, 0.6) is 0 Å². The molecule has 2 heterocycles. The van der Waals surface area contributed by atoms with Crippen LogP contribution in [-0.2, 0) is 16.6 Å². The van der Waals surface area contributed by atoms with E-state index >= 15 is 0 Å². The maximum Gasteiger partial charge on any atom is 0.316 e. The van der Waals surface area contributed by atoms with Gasteiger partial charge in [0.1, 0.15) is 11.2 Å². The van der Waals surface area contributed by atoms with E-state index < -0.39 is 11.4 Å². The molecule has 0 aromatic carbocycles. The number of hydrogen-bond acceptors (Lipinski definition) is 4. The Morgan fingerprint density at radius 3 is 2.74 bits per heavy atom. The van der Waals surface area contributed by atoms with Crippen molar-refractivity contribution >= 4 is 11.8 Å². The largest absolute Gasteiger partial charge is 0.481 e. The van der Waals surface area contributed by atoms with Crippen molar-refractivity contribution < 1.29 is 9.90 Å². The molecule has 2 aromatic heterocycles. The lowest BCUT2D eigenvalue weighted by Crippen LogP contribution is -2.38. The third-order valence-electron chi connectivity index (χ3n) is 3.38. The Morgan fingerprint density at radius 2 is 2.26 bits per heavy atom. The van der Waals surface area contributed by atoms with Gasteiger partial charge in [-0.1, -0.05) is 13.0 Å². The molecule has 0 saturated carbocycles. The average Bonchev–Trinajstić information content (AvgIpc) is 2.92. The highest BCUT2D eigenvalue weighted by Gasteiger charge is 2.40. The molecule has 0 radical (unpaired) electrons. The number of aromatic nitrogens is 3. The number of anilines is 1. The fourth-order valence-electron chi connectivity index (χ4n) is 2.16. The van der Waals surface area contributed by atoms with Crippen molar-refractivity contribution in [2.24, 2.45) is 0 Å². The van der Waals surface area contributed by atoms with Gasteiger partial charge < -0.3 is 15.8 Å². The molecular formula is C13H16N4O2. The second kappa shape index (κ2) is 5.09. The molecule has 6 heteroatoms.